The molecule has 1 atom stereocenters. The van der Waals surface area contributed by atoms with E-state index in [1.807, 2.05) is 0 Å². The highest BCUT2D eigenvalue weighted by atomic mass is 16.5. The van der Waals surface area contributed by atoms with E-state index < -0.39 is 5.97 Å². The van der Waals surface area contributed by atoms with E-state index >= 15 is 0 Å². The monoisotopic (exact) mass is 290 g/mol. The minimum Gasteiger partial charge on any atom is -0.478 e. The smallest absolute Gasteiger partial charge is 0.335 e. The molecule has 114 valence electrons. The van der Waals surface area contributed by atoms with Gasteiger partial charge in [0.25, 0.3) is 0 Å². The summed E-state index contributed by atoms with van der Waals surface area (Å²) in [6.07, 6.45) is 0. The van der Waals surface area contributed by atoms with Crippen molar-refractivity contribution in [3.8, 4) is 0 Å². The fourth-order valence-electron chi connectivity index (χ4n) is 2.56. The van der Waals surface area contributed by atoms with Crippen molar-refractivity contribution < 1.29 is 14.6 Å². The van der Waals surface area contributed by atoms with Crippen molar-refractivity contribution in [2.24, 2.45) is 5.92 Å². The Morgan fingerprint density at radius 1 is 1.38 bits per heavy atom. The van der Waals surface area contributed by atoms with Crippen LogP contribution in [0.2, 0.25) is 0 Å². The Morgan fingerprint density at radius 3 is 2.67 bits per heavy atom. The van der Waals surface area contributed by atoms with Crippen molar-refractivity contribution in [3.63, 3.8) is 0 Å². The molecule has 0 spiro atoms. The number of ether oxygens (including phenoxy) is 1. The molecule has 1 aromatic heterocycles. The Labute approximate surface area is 124 Å². The zero-order valence-corrected chi connectivity index (χ0v) is 13.0. The SMILES string of the molecule is COCC(C)Cn1c(C(C)C)nc2ccc(C(=O)O)cc21. The number of benzene rings is 1. The molecule has 0 saturated heterocycles. The van der Waals surface area contributed by atoms with Gasteiger partial charge in [0.05, 0.1) is 23.2 Å². The third kappa shape index (κ3) is 3.24. The molecule has 1 aromatic carbocycles. The lowest BCUT2D eigenvalue weighted by molar-refractivity contribution is 0.0697. The van der Waals surface area contributed by atoms with Gasteiger partial charge in [-0.05, 0) is 24.1 Å². The summed E-state index contributed by atoms with van der Waals surface area (Å²) in [6, 6.07) is 5.09. The topological polar surface area (TPSA) is 64.4 Å². The van der Waals surface area contributed by atoms with Gasteiger partial charge in [-0.2, -0.15) is 0 Å². The molecule has 0 radical (unpaired) electrons. The molecule has 0 amide bonds. The number of rotatable bonds is 6. The molecule has 5 nitrogen and oxygen atoms in total. The van der Waals surface area contributed by atoms with Gasteiger partial charge in [0.1, 0.15) is 5.82 Å². The molecule has 2 aromatic rings. The zero-order valence-electron chi connectivity index (χ0n) is 13.0. The van der Waals surface area contributed by atoms with E-state index in [-0.39, 0.29) is 5.92 Å². The summed E-state index contributed by atoms with van der Waals surface area (Å²) in [5.41, 5.74) is 2.01. The fourth-order valence-corrected chi connectivity index (χ4v) is 2.56. The number of aromatic nitrogens is 2. The van der Waals surface area contributed by atoms with Crippen LogP contribution in [0.3, 0.4) is 0 Å². The van der Waals surface area contributed by atoms with Crippen LogP contribution < -0.4 is 0 Å². The van der Waals surface area contributed by atoms with Crippen LogP contribution in [0, 0.1) is 5.92 Å². The number of imidazole rings is 1. The maximum absolute atomic E-state index is 11.2. The minimum atomic E-state index is -0.916. The van der Waals surface area contributed by atoms with Gasteiger partial charge in [-0.1, -0.05) is 20.8 Å². The van der Waals surface area contributed by atoms with Crippen LogP contribution in [0.1, 0.15) is 42.9 Å². The number of hydrogen-bond donors (Lipinski definition) is 1. The van der Waals surface area contributed by atoms with Gasteiger partial charge < -0.3 is 14.4 Å². The van der Waals surface area contributed by atoms with Crippen LogP contribution in [-0.4, -0.2) is 34.3 Å². The predicted octanol–water partition coefficient (Wildman–Crippen LogP) is 3.14. The zero-order chi connectivity index (χ0) is 15.6. The van der Waals surface area contributed by atoms with Crippen molar-refractivity contribution in [1.29, 1.82) is 0 Å². The molecule has 1 N–H and O–H groups in total. The summed E-state index contributed by atoms with van der Waals surface area (Å²) in [5.74, 6) is 0.676. The van der Waals surface area contributed by atoms with Gasteiger partial charge in [0, 0.05) is 19.6 Å². The number of hydrogen-bond acceptors (Lipinski definition) is 3. The Balaban J connectivity index is 2.53. The highest BCUT2D eigenvalue weighted by molar-refractivity contribution is 5.92. The van der Waals surface area contributed by atoms with E-state index in [9.17, 15) is 4.79 Å². The summed E-state index contributed by atoms with van der Waals surface area (Å²) in [5, 5.41) is 9.17. The molecule has 0 saturated carbocycles. The highest BCUT2D eigenvalue weighted by Gasteiger charge is 2.17. The van der Waals surface area contributed by atoms with E-state index in [2.05, 4.69) is 30.3 Å². The van der Waals surface area contributed by atoms with E-state index in [1.54, 1.807) is 25.3 Å². The number of carboxylic acids is 1. The van der Waals surface area contributed by atoms with Crippen LogP contribution in [0.15, 0.2) is 18.2 Å². The van der Waals surface area contributed by atoms with Crippen molar-refractivity contribution >= 4 is 17.0 Å². The molecule has 1 heterocycles. The largest absolute Gasteiger partial charge is 0.478 e. The Kier molecular flexibility index (Phi) is 4.63. The molecule has 21 heavy (non-hydrogen) atoms. The first-order valence-corrected chi connectivity index (χ1v) is 7.16. The van der Waals surface area contributed by atoms with Crippen molar-refractivity contribution in [2.45, 2.75) is 33.2 Å². The summed E-state index contributed by atoms with van der Waals surface area (Å²) < 4.78 is 7.32. The van der Waals surface area contributed by atoms with Crippen molar-refractivity contribution in [2.75, 3.05) is 13.7 Å². The lowest BCUT2D eigenvalue weighted by atomic mass is 10.1. The third-order valence-corrected chi connectivity index (χ3v) is 3.49. The number of carbonyl (C=O) groups is 1. The maximum Gasteiger partial charge on any atom is 0.335 e. The summed E-state index contributed by atoms with van der Waals surface area (Å²) in [4.78, 5) is 15.8. The van der Waals surface area contributed by atoms with Gasteiger partial charge in [-0.25, -0.2) is 9.78 Å². The fraction of sp³-hybridized carbons (Fsp3) is 0.500. The number of methoxy groups -OCH3 is 1. The molecule has 0 aliphatic rings. The van der Waals surface area contributed by atoms with E-state index in [1.165, 1.54) is 0 Å². The van der Waals surface area contributed by atoms with Crippen molar-refractivity contribution in [1.82, 2.24) is 9.55 Å². The van der Waals surface area contributed by atoms with Gasteiger partial charge in [-0.3, -0.25) is 0 Å². The third-order valence-electron chi connectivity index (χ3n) is 3.49. The molecule has 1 unspecified atom stereocenters. The standard InChI is InChI=1S/C16H22N2O3/c1-10(2)15-17-13-6-5-12(16(19)20)7-14(13)18(15)8-11(3)9-21-4/h5-7,10-11H,8-9H2,1-4H3,(H,19,20). The van der Waals surface area contributed by atoms with E-state index in [0.29, 0.717) is 18.1 Å². The average Bonchev–Trinajstić information content (AvgIpc) is 2.77. The molecule has 0 aliphatic heterocycles. The first-order valence-electron chi connectivity index (χ1n) is 7.16. The molecule has 0 aliphatic carbocycles. The Bertz CT molecular complexity index is 646. The molecule has 5 heteroatoms. The van der Waals surface area contributed by atoms with Gasteiger partial charge in [0.2, 0.25) is 0 Å². The highest BCUT2D eigenvalue weighted by Crippen LogP contribution is 2.24. The van der Waals surface area contributed by atoms with Crippen LogP contribution in [0.5, 0.6) is 0 Å². The van der Waals surface area contributed by atoms with Gasteiger partial charge in [-0.15, -0.1) is 0 Å². The van der Waals surface area contributed by atoms with Gasteiger partial charge >= 0.3 is 5.97 Å². The molecule has 0 fully saturated rings. The first kappa shape index (κ1) is 15.5. The first-order chi connectivity index (χ1) is 9.93. The van der Waals surface area contributed by atoms with Crippen LogP contribution in [-0.2, 0) is 11.3 Å². The van der Waals surface area contributed by atoms with Crippen LogP contribution >= 0.6 is 0 Å². The predicted molar refractivity (Wildman–Crippen MR) is 81.8 cm³/mol. The maximum atomic E-state index is 11.2. The molecular formula is C16H22N2O3. The number of nitrogens with zero attached hydrogens (tertiary/aromatic N) is 2. The lowest BCUT2D eigenvalue weighted by Gasteiger charge is -2.16. The molecule has 2 rings (SSSR count). The van der Waals surface area contributed by atoms with E-state index in [0.717, 1.165) is 23.4 Å². The lowest BCUT2D eigenvalue weighted by Crippen LogP contribution is -2.15. The number of fused-ring (bicyclic) bond motifs is 1. The molecule has 0 bridgehead atoms. The van der Waals surface area contributed by atoms with Crippen LogP contribution in [0.4, 0.5) is 0 Å². The average molecular weight is 290 g/mol. The Morgan fingerprint density at radius 2 is 2.10 bits per heavy atom. The van der Waals surface area contributed by atoms with Crippen molar-refractivity contribution in [3.05, 3.63) is 29.6 Å². The summed E-state index contributed by atoms with van der Waals surface area (Å²) in [7, 11) is 1.69. The second-order valence-corrected chi connectivity index (χ2v) is 5.80. The second kappa shape index (κ2) is 6.26. The minimum absolute atomic E-state index is 0.278. The Hall–Kier alpha value is -1.88. The normalized spacial score (nSPS) is 13.0. The summed E-state index contributed by atoms with van der Waals surface area (Å²) >= 11 is 0. The number of carboxylic acid groups (broad SMARTS) is 1. The number of aromatic carboxylic acids is 1. The second-order valence-electron chi connectivity index (χ2n) is 5.80. The molecular weight excluding hydrogens is 268 g/mol. The van der Waals surface area contributed by atoms with Crippen LogP contribution in [0.25, 0.3) is 11.0 Å². The summed E-state index contributed by atoms with van der Waals surface area (Å²) in [6.45, 7) is 7.73. The van der Waals surface area contributed by atoms with Gasteiger partial charge in [0.15, 0.2) is 0 Å². The quantitative estimate of drug-likeness (QED) is 0.887. The van der Waals surface area contributed by atoms with E-state index in [4.69, 9.17) is 9.84 Å².